The van der Waals surface area contributed by atoms with Crippen molar-refractivity contribution in [3.63, 3.8) is 0 Å². The number of carbonyl (C=O) groups is 2. The van der Waals surface area contributed by atoms with Crippen LogP contribution in [0.5, 0.6) is 5.75 Å². The number of amides is 2. The molecule has 2 unspecified atom stereocenters. The minimum atomic E-state index is -0.414. The predicted octanol–water partition coefficient (Wildman–Crippen LogP) is 2.80. The van der Waals surface area contributed by atoms with Gasteiger partial charge in [0.2, 0.25) is 11.8 Å². The second-order valence-corrected chi connectivity index (χ2v) is 6.54. The van der Waals surface area contributed by atoms with Gasteiger partial charge in [0.1, 0.15) is 5.75 Å². The van der Waals surface area contributed by atoms with E-state index in [1.165, 1.54) is 0 Å². The number of benzene rings is 2. The Balaban J connectivity index is 1.67. The fraction of sp³-hybridized carbons (Fsp3) is 0.286. The van der Waals surface area contributed by atoms with E-state index in [4.69, 9.17) is 10.00 Å². The van der Waals surface area contributed by atoms with Crippen molar-refractivity contribution in [1.29, 1.82) is 5.26 Å². The van der Waals surface area contributed by atoms with Gasteiger partial charge in [-0.3, -0.25) is 9.59 Å². The van der Waals surface area contributed by atoms with Crippen molar-refractivity contribution in [3.8, 4) is 11.8 Å². The number of nitrogens with one attached hydrogen (secondary N) is 1. The zero-order valence-electron chi connectivity index (χ0n) is 15.3. The molecule has 1 aliphatic heterocycles. The molecule has 3 rings (SSSR count). The molecule has 1 N–H and O–H groups in total. The van der Waals surface area contributed by atoms with Crippen LogP contribution < -0.4 is 15.0 Å². The maximum atomic E-state index is 12.7. The fourth-order valence-electron chi connectivity index (χ4n) is 3.23. The molecule has 2 aromatic rings. The molecule has 1 fully saturated rings. The van der Waals surface area contributed by atoms with E-state index in [1.54, 1.807) is 30.2 Å². The van der Waals surface area contributed by atoms with Gasteiger partial charge in [0.25, 0.3) is 0 Å². The smallest absolute Gasteiger partial charge is 0.227 e. The highest BCUT2D eigenvalue weighted by Crippen LogP contribution is 2.33. The molecule has 1 heterocycles. The number of hydrogen-bond donors (Lipinski definition) is 1. The standard InChI is InChI=1S/C21H21N3O3/c1-14(16-9-7-15(12-22)8-10-16)23-21(26)17-11-20(25)24(13-17)18-5-3-4-6-19(18)27-2/h3-10,14,17H,11,13H2,1-2H3,(H,23,26). The van der Waals surface area contributed by atoms with Crippen molar-refractivity contribution in [3.05, 3.63) is 59.7 Å². The van der Waals surface area contributed by atoms with Gasteiger partial charge in [-0.1, -0.05) is 24.3 Å². The molecule has 6 nitrogen and oxygen atoms in total. The van der Waals surface area contributed by atoms with E-state index in [0.717, 1.165) is 5.56 Å². The van der Waals surface area contributed by atoms with E-state index in [0.29, 0.717) is 23.5 Å². The van der Waals surface area contributed by atoms with Crippen LogP contribution in [0.3, 0.4) is 0 Å². The number of rotatable bonds is 5. The van der Waals surface area contributed by atoms with Crippen LogP contribution in [-0.2, 0) is 9.59 Å². The van der Waals surface area contributed by atoms with E-state index in [-0.39, 0.29) is 24.3 Å². The van der Waals surface area contributed by atoms with E-state index >= 15 is 0 Å². The lowest BCUT2D eigenvalue weighted by Gasteiger charge is -2.20. The molecule has 0 aromatic heterocycles. The van der Waals surface area contributed by atoms with E-state index in [9.17, 15) is 9.59 Å². The third kappa shape index (κ3) is 3.93. The Morgan fingerprint density at radius 1 is 1.26 bits per heavy atom. The Hall–Kier alpha value is -3.33. The Morgan fingerprint density at radius 2 is 1.96 bits per heavy atom. The number of anilines is 1. The Kier molecular flexibility index (Phi) is 5.41. The number of nitrogens with zero attached hydrogens (tertiary/aromatic N) is 2. The van der Waals surface area contributed by atoms with Crippen molar-refractivity contribution in [1.82, 2.24) is 5.32 Å². The van der Waals surface area contributed by atoms with Gasteiger partial charge in [-0.05, 0) is 36.8 Å². The normalized spacial score (nSPS) is 17.3. The second kappa shape index (κ2) is 7.92. The number of methoxy groups -OCH3 is 1. The molecule has 2 atom stereocenters. The van der Waals surface area contributed by atoms with Crippen molar-refractivity contribution in [2.45, 2.75) is 19.4 Å². The Bertz CT molecular complexity index is 886. The number of ether oxygens (including phenoxy) is 1. The summed E-state index contributed by atoms with van der Waals surface area (Å²) < 4.78 is 5.33. The third-order valence-electron chi connectivity index (χ3n) is 4.77. The summed E-state index contributed by atoms with van der Waals surface area (Å²) in [6.45, 7) is 2.21. The summed E-state index contributed by atoms with van der Waals surface area (Å²) in [5.41, 5.74) is 2.17. The molecular weight excluding hydrogens is 342 g/mol. The quantitative estimate of drug-likeness (QED) is 0.885. The Morgan fingerprint density at radius 3 is 2.63 bits per heavy atom. The summed E-state index contributed by atoms with van der Waals surface area (Å²) in [5.74, 6) is -0.0515. The molecule has 6 heteroatoms. The minimum absolute atomic E-state index is 0.0920. The summed E-state index contributed by atoms with van der Waals surface area (Å²) >= 11 is 0. The van der Waals surface area contributed by atoms with Crippen LogP contribution in [0.2, 0.25) is 0 Å². The summed E-state index contributed by atoms with van der Waals surface area (Å²) in [7, 11) is 1.56. The first-order valence-electron chi connectivity index (χ1n) is 8.77. The maximum Gasteiger partial charge on any atom is 0.227 e. The zero-order chi connectivity index (χ0) is 19.4. The van der Waals surface area contributed by atoms with Crippen LogP contribution >= 0.6 is 0 Å². The molecule has 0 saturated carbocycles. The Labute approximate surface area is 158 Å². The first-order chi connectivity index (χ1) is 13.0. The monoisotopic (exact) mass is 363 g/mol. The van der Waals surface area contributed by atoms with Gasteiger partial charge in [-0.2, -0.15) is 5.26 Å². The molecule has 0 spiro atoms. The van der Waals surface area contributed by atoms with Crippen LogP contribution in [-0.4, -0.2) is 25.5 Å². The number of hydrogen-bond acceptors (Lipinski definition) is 4. The van der Waals surface area contributed by atoms with Crippen molar-refractivity contribution < 1.29 is 14.3 Å². The zero-order valence-corrected chi connectivity index (χ0v) is 15.3. The lowest BCUT2D eigenvalue weighted by atomic mass is 10.0. The third-order valence-corrected chi connectivity index (χ3v) is 4.77. The van der Waals surface area contributed by atoms with E-state index in [1.807, 2.05) is 37.3 Å². The summed E-state index contributed by atoms with van der Waals surface area (Å²) in [4.78, 5) is 26.7. The first-order valence-corrected chi connectivity index (χ1v) is 8.77. The molecule has 0 aliphatic carbocycles. The van der Waals surface area contributed by atoms with E-state index in [2.05, 4.69) is 11.4 Å². The van der Waals surface area contributed by atoms with Crippen LogP contribution in [0.4, 0.5) is 5.69 Å². The molecule has 27 heavy (non-hydrogen) atoms. The van der Waals surface area contributed by atoms with Gasteiger partial charge in [0.15, 0.2) is 0 Å². The molecule has 2 amide bonds. The van der Waals surface area contributed by atoms with Crippen molar-refractivity contribution in [2.75, 3.05) is 18.6 Å². The molecule has 0 bridgehead atoms. The summed E-state index contributed by atoms with van der Waals surface area (Å²) in [6, 6.07) is 16.2. The van der Waals surface area contributed by atoms with E-state index < -0.39 is 5.92 Å². The highest BCUT2D eigenvalue weighted by molar-refractivity contribution is 6.01. The predicted molar refractivity (Wildman–Crippen MR) is 101 cm³/mol. The fourth-order valence-corrected chi connectivity index (χ4v) is 3.23. The van der Waals surface area contributed by atoms with Gasteiger partial charge < -0.3 is 15.0 Å². The molecular formula is C21H21N3O3. The van der Waals surface area contributed by atoms with Crippen LogP contribution in [0.1, 0.15) is 30.5 Å². The van der Waals surface area contributed by atoms with Crippen molar-refractivity contribution >= 4 is 17.5 Å². The minimum Gasteiger partial charge on any atom is -0.495 e. The lowest BCUT2D eigenvalue weighted by molar-refractivity contribution is -0.126. The van der Waals surface area contributed by atoms with Gasteiger partial charge in [0, 0.05) is 13.0 Å². The second-order valence-electron chi connectivity index (χ2n) is 6.54. The summed E-state index contributed by atoms with van der Waals surface area (Å²) in [5, 5.41) is 11.8. The van der Waals surface area contributed by atoms with Crippen molar-refractivity contribution in [2.24, 2.45) is 5.92 Å². The topological polar surface area (TPSA) is 82.4 Å². The number of carbonyl (C=O) groups excluding carboxylic acids is 2. The van der Waals surface area contributed by atoms with Gasteiger partial charge in [0.05, 0.1) is 36.4 Å². The summed E-state index contributed by atoms with van der Waals surface area (Å²) in [6.07, 6.45) is 0.171. The first kappa shape index (κ1) is 18.5. The van der Waals surface area contributed by atoms with Crippen LogP contribution in [0, 0.1) is 17.2 Å². The van der Waals surface area contributed by atoms with Gasteiger partial charge >= 0.3 is 0 Å². The highest BCUT2D eigenvalue weighted by atomic mass is 16.5. The molecule has 1 saturated heterocycles. The molecule has 138 valence electrons. The molecule has 2 aromatic carbocycles. The number of nitriles is 1. The highest BCUT2D eigenvalue weighted by Gasteiger charge is 2.36. The van der Waals surface area contributed by atoms with Gasteiger partial charge in [-0.25, -0.2) is 0 Å². The lowest BCUT2D eigenvalue weighted by Crippen LogP contribution is -2.34. The average Bonchev–Trinajstić information content (AvgIpc) is 3.09. The molecule has 1 aliphatic rings. The van der Waals surface area contributed by atoms with Crippen LogP contribution in [0.15, 0.2) is 48.5 Å². The van der Waals surface area contributed by atoms with Gasteiger partial charge in [-0.15, -0.1) is 0 Å². The number of para-hydroxylation sites is 2. The SMILES string of the molecule is COc1ccccc1N1CC(C(=O)NC(C)c2ccc(C#N)cc2)CC1=O. The molecule has 0 radical (unpaired) electrons. The average molecular weight is 363 g/mol. The largest absolute Gasteiger partial charge is 0.495 e. The maximum absolute atomic E-state index is 12.7. The van der Waals surface area contributed by atoms with Crippen LogP contribution in [0.25, 0.3) is 0 Å².